The summed E-state index contributed by atoms with van der Waals surface area (Å²) in [6.45, 7) is 4.57. The summed E-state index contributed by atoms with van der Waals surface area (Å²) in [5.74, 6) is 0. The quantitative estimate of drug-likeness (QED) is 0.348. The van der Waals surface area contributed by atoms with Crippen molar-refractivity contribution in [3.05, 3.63) is 131 Å². The number of fused-ring (bicyclic) bond motifs is 2. The number of benzene rings is 4. The molecule has 178 valence electrons. The summed E-state index contributed by atoms with van der Waals surface area (Å²) < 4.78 is 0.943. The van der Waals surface area contributed by atoms with Gasteiger partial charge in [0.05, 0.1) is 0 Å². The third-order valence-corrected chi connectivity index (χ3v) is 11.4. The van der Waals surface area contributed by atoms with Crippen LogP contribution in [0.4, 0.5) is 0 Å². The molecule has 2 aliphatic rings. The number of hydrogen-bond donors (Lipinski definition) is 0. The van der Waals surface area contributed by atoms with Crippen molar-refractivity contribution in [3.63, 3.8) is 0 Å². The molecule has 0 amide bonds. The molecule has 0 saturated carbocycles. The fourth-order valence-electron chi connectivity index (χ4n) is 5.91. The van der Waals surface area contributed by atoms with Crippen molar-refractivity contribution >= 4 is 16.0 Å². The number of rotatable bonds is 4. The van der Waals surface area contributed by atoms with Gasteiger partial charge in [0.1, 0.15) is 0 Å². The van der Waals surface area contributed by atoms with Crippen molar-refractivity contribution in [2.45, 2.75) is 22.3 Å². The molecule has 0 saturated heterocycles. The van der Waals surface area contributed by atoms with E-state index < -0.39 is 17.4 Å². The van der Waals surface area contributed by atoms with E-state index in [9.17, 15) is 0 Å². The molecule has 36 heavy (non-hydrogen) atoms. The van der Waals surface area contributed by atoms with Crippen molar-refractivity contribution in [1.29, 1.82) is 0 Å². The molecule has 0 heterocycles. The van der Waals surface area contributed by atoms with E-state index >= 15 is 0 Å². The van der Waals surface area contributed by atoms with Crippen LogP contribution in [-0.2, 0) is 17.4 Å². The Hall–Kier alpha value is -2.48. The molecular formula is C33H28Cl2Ti. The predicted molar refractivity (Wildman–Crippen MR) is 144 cm³/mol. The Morgan fingerprint density at radius 1 is 0.528 bits per heavy atom. The summed E-state index contributed by atoms with van der Waals surface area (Å²) in [5.41, 5.74) is 14.0. The summed E-state index contributed by atoms with van der Waals surface area (Å²) in [7, 11) is 0. The maximum Gasteiger partial charge on any atom is -1.00 e. The topological polar surface area (TPSA) is 0 Å². The van der Waals surface area contributed by atoms with Crippen LogP contribution in [0.5, 0.6) is 0 Å². The monoisotopic (exact) mass is 542 g/mol. The van der Waals surface area contributed by atoms with Gasteiger partial charge in [0.2, 0.25) is 0 Å². The fraction of sp³-hybridized carbons (Fsp3) is 0.121. The summed E-state index contributed by atoms with van der Waals surface area (Å²) in [4.78, 5) is 4.95. The van der Waals surface area contributed by atoms with Crippen molar-refractivity contribution in [2.24, 2.45) is 0 Å². The van der Waals surface area contributed by atoms with Gasteiger partial charge in [-0.15, -0.1) is 0 Å². The van der Waals surface area contributed by atoms with Gasteiger partial charge in [-0.3, -0.25) is 0 Å². The van der Waals surface area contributed by atoms with Crippen LogP contribution in [0.25, 0.3) is 33.4 Å². The Morgan fingerprint density at radius 2 is 0.917 bits per heavy atom. The summed E-state index contributed by atoms with van der Waals surface area (Å²) in [5, 5.41) is 0. The van der Waals surface area contributed by atoms with Crippen LogP contribution in [0, 0.1) is 0 Å². The van der Waals surface area contributed by atoms with E-state index in [0.717, 1.165) is 0 Å². The Morgan fingerprint density at radius 3 is 1.31 bits per heavy atom. The second-order valence-corrected chi connectivity index (χ2v) is 13.2. The Bertz CT molecular complexity index is 1370. The molecule has 4 aromatic carbocycles. The average Bonchev–Trinajstić information content (AvgIpc) is 3.42. The normalized spacial score (nSPS) is 16.9. The molecule has 0 bridgehead atoms. The Balaban J connectivity index is 0.00000152. The van der Waals surface area contributed by atoms with Crippen molar-refractivity contribution in [1.82, 2.24) is 0 Å². The minimum absolute atomic E-state index is 0. The van der Waals surface area contributed by atoms with E-state index in [4.69, 9.17) is 4.82 Å². The number of halogens is 2. The maximum atomic E-state index is 4.95. The molecule has 4 aromatic rings. The summed E-state index contributed by atoms with van der Waals surface area (Å²) in [6, 6.07) is 35.3. The van der Waals surface area contributed by atoms with Crippen LogP contribution in [0.3, 0.4) is 0 Å². The zero-order valence-electron chi connectivity index (χ0n) is 20.5. The first-order chi connectivity index (χ1) is 16.6. The Kier molecular flexibility index (Phi) is 8.03. The molecule has 2 aliphatic carbocycles. The molecule has 0 aliphatic heterocycles. The molecule has 6 rings (SSSR count). The first kappa shape index (κ1) is 26.6. The minimum Gasteiger partial charge on any atom is -1.00 e. The van der Waals surface area contributed by atoms with Crippen LogP contribution in [0.15, 0.2) is 109 Å². The first-order valence-corrected chi connectivity index (χ1v) is 15.0. The van der Waals surface area contributed by atoms with E-state index in [1.807, 2.05) is 0 Å². The van der Waals surface area contributed by atoms with Crippen molar-refractivity contribution < 1.29 is 42.2 Å². The molecular weight excluding hydrogens is 515 g/mol. The molecule has 2 atom stereocenters. The molecule has 0 aromatic heterocycles. The van der Waals surface area contributed by atoms with Crippen LogP contribution in [0.1, 0.15) is 44.5 Å². The van der Waals surface area contributed by atoms with Gasteiger partial charge in [0.25, 0.3) is 0 Å². The van der Waals surface area contributed by atoms with E-state index in [2.05, 4.69) is 123 Å². The smallest absolute Gasteiger partial charge is 1.00 e. The van der Waals surface area contributed by atoms with E-state index in [-0.39, 0.29) is 24.8 Å². The Labute approximate surface area is 233 Å². The minimum atomic E-state index is -1.83. The molecule has 0 radical (unpaired) electrons. The third-order valence-electron chi connectivity index (χ3n) is 7.45. The van der Waals surface area contributed by atoms with Gasteiger partial charge >= 0.3 is 209 Å². The van der Waals surface area contributed by atoms with Crippen LogP contribution < -0.4 is 24.8 Å². The SMILES string of the molecule is [CH2]=[Ti+2]([CH]1C=C(C)c2c(-c3ccccc3)cccc21)[CH]1C=C(C)c2c(-c3ccccc3)cccc21.[Cl-].[Cl-]. The largest absolute Gasteiger partial charge is 1.00 e. The molecule has 2 unspecified atom stereocenters. The zero-order chi connectivity index (χ0) is 23.2. The summed E-state index contributed by atoms with van der Waals surface area (Å²) in [6.07, 6.45) is 5.06. The van der Waals surface area contributed by atoms with E-state index in [1.54, 1.807) is 0 Å². The third kappa shape index (κ3) is 4.42. The first-order valence-electron chi connectivity index (χ1n) is 12.1. The molecule has 3 heteroatoms. The van der Waals surface area contributed by atoms with Gasteiger partial charge < -0.3 is 24.8 Å². The van der Waals surface area contributed by atoms with Crippen LogP contribution in [0.2, 0.25) is 0 Å². The van der Waals surface area contributed by atoms with Gasteiger partial charge in [-0.2, -0.15) is 0 Å². The van der Waals surface area contributed by atoms with Crippen molar-refractivity contribution in [2.75, 3.05) is 0 Å². The predicted octanol–water partition coefficient (Wildman–Crippen LogP) is 2.70. The molecule has 0 spiro atoms. The second kappa shape index (κ2) is 10.9. The van der Waals surface area contributed by atoms with E-state index in [0.29, 0.717) is 8.45 Å². The van der Waals surface area contributed by atoms with E-state index in [1.165, 1.54) is 55.7 Å². The molecule has 0 nitrogen and oxygen atoms in total. The molecule has 0 fully saturated rings. The van der Waals surface area contributed by atoms with Gasteiger partial charge in [-0.1, -0.05) is 0 Å². The summed E-state index contributed by atoms with van der Waals surface area (Å²) >= 11 is -1.83. The standard InChI is InChI=1S/2C16H13.CH2.2ClH.Ti/c2*1-12-10-11-14-8-5-9-15(16(12)14)13-6-3-2-4-7-13;;;;/h2*2-11H,1H3;1H2;2*1H;/q;;;;;+2/p-2. The second-order valence-electron chi connectivity index (χ2n) is 9.50. The van der Waals surface area contributed by atoms with Gasteiger partial charge in [-0.05, 0) is 0 Å². The average molecular weight is 543 g/mol. The van der Waals surface area contributed by atoms with Crippen LogP contribution in [-0.4, -0.2) is 4.82 Å². The maximum absolute atomic E-state index is 4.95. The number of allylic oxidation sites excluding steroid dienone is 4. The fourth-order valence-corrected chi connectivity index (χ4v) is 9.96. The van der Waals surface area contributed by atoms with Gasteiger partial charge in [-0.25, -0.2) is 0 Å². The van der Waals surface area contributed by atoms with Gasteiger partial charge in [0.15, 0.2) is 0 Å². The number of hydrogen-bond acceptors (Lipinski definition) is 0. The van der Waals surface area contributed by atoms with Crippen molar-refractivity contribution in [3.8, 4) is 22.3 Å². The van der Waals surface area contributed by atoms with Crippen LogP contribution >= 0.6 is 0 Å². The van der Waals surface area contributed by atoms with Gasteiger partial charge in [0, 0.05) is 0 Å². The molecule has 0 N–H and O–H groups in total. The zero-order valence-corrected chi connectivity index (χ0v) is 23.6.